The van der Waals surface area contributed by atoms with Gasteiger partial charge in [-0.2, -0.15) is 0 Å². The summed E-state index contributed by atoms with van der Waals surface area (Å²) in [4.78, 5) is 18.9. The van der Waals surface area contributed by atoms with Crippen LogP contribution in [0.2, 0.25) is 0 Å². The van der Waals surface area contributed by atoms with Gasteiger partial charge < -0.3 is 10.2 Å². The first-order valence-corrected chi connectivity index (χ1v) is 7.77. The molecule has 122 valence electrons. The van der Waals surface area contributed by atoms with Crippen molar-refractivity contribution in [1.82, 2.24) is 14.5 Å². The predicted molar refractivity (Wildman–Crippen MR) is 95.4 cm³/mol. The maximum atomic E-state index is 12.7. The summed E-state index contributed by atoms with van der Waals surface area (Å²) >= 11 is 0. The summed E-state index contributed by atoms with van der Waals surface area (Å²) in [7, 11) is 4.01. The molecule has 0 aliphatic rings. The lowest BCUT2D eigenvalue weighted by atomic mass is 10.1. The summed E-state index contributed by atoms with van der Waals surface area (Å²) in [6.07, 6.45) is 3.23. The van der Waals surface area contributed by atoms with Gasteiger partial charge in [-0.25, -0.2) is 4.98 Å². The normalized spacial score (nSPS) is 10.8. The molecule has 0 saturated carbocycles. The van der Waals surface area contributed by atoms with E-state index in [4.69, 9.17) is 0 Å². The first kappa shape index (κ1) is 16.0. The van der Waals surface area contributed by atoms with Crippen molar-refractivity contribution < 1.29 is 4.79 Å². The Morgan fingerprint density at radius 2 is 1.79 bits per heavy atom. The van der Waals surface area contributed by atoms with E-state index in [2.05, 4.69) is 15.2 Å². The lowest BCUT2D eigenvalue weighted by molar-refractivity contribution is 0.102. The second-order valence-electron chi connectivity index (χ2n) is 5.83. The van der Waals surface area contributed by atoms with Gasteiger partial charge in [0, 0.05) is 17.9 Å². The quantitative estimate of drug-likeness (QED) is 0.785. The Morgan fingerprint density at radius 3 is 2.54 bits per heavy atom. The van der Waals surface area contributed by atoms with Crippen LogP contribution < -0.4 is 5.32 Å². The summed E-state index contributed by atoms with van der Waals surface area (Å²) in [6.45, 7) is 0.758. The van der Waals surface area contributed by atoms with Crippen molar-refractivity contribution in [2.45, 2.75) is 6.54 Å². The van der Waals surface area contributed by atoms with Crippen molar-refractivity contribution >= 4 is 11.6 Å². The first-order valence-electron chi connectivity index (χ1n) is 7.77. The van der Waals surface area contributed by atoms with Crippen LogP contribution in [0.4, 0.5) is 5.69 Å². The molecule has 0 fully saturated rings. The highest BCUT2D eigenvalue weighted by Gasteiger charge is 2.14. The minimum atomic E-state index is -0.178. The zero-order chi connectivity index (χ0) is 16.9. The van der Waals surface area contributed by atoms with Crippen LogP contribution in [0.25, 0.3) is 5.69 Å². The fourth-order valence-corrected chi connectivity index (χ4v) is 2.56. The number of hydrogen-bond donors (Lipinski definition) is 1. The Hall–Kier alpha value is -2.92. The van der Waals surface area contributed by atoms with Gasteiger partial charge in [-0.3, -0.25) is 9.36 Å². The van der Waals surface area contributed by atoms with Gasteiger partial charge in [0.2, 0.25) is 0 Å². The highest BCUT2D eigenvalue weighted by Crippen LogP contribution is 2.18. The molecule has 0 atom stereocenters. The van der Waals surface area contributed by atoms with Crippen LogP contribution in [-0.4, -0.2) is 34.5 Å². The maximum absolute atomic E-state index is 12.7. The van der Waals surface area contributed by atoms with Gasteiger partial charge in [0.1, 0.15) is 5.69 Å². The molecule has 24 heavy (non-hydrogen) atoms. The third-order valence-corrected chi connectivity index (χ3v) is 3.66. The molecule has 0 bridgehead atoms. The molecule has 1 N–H and O–H groups in total. The van der Waals surface area contributed by atoms with Gasteiger partial charge in [-0.05, 0) is 37.9 Å². The largest absolute Gasteiger partial charge is 0.320 e. The van der Waals surface area contributed by atoms with Crippen LogP contribution >= 0.6 is 0 Å². The number of para-hydroxylation sites is 2. The minimum Gasteiger partial charge on any atom is -0.320 e. The molecule has 0 radical (unpaired) electrons. The SMILES string of the molecule is CN(C)Cc1ccccc1NC(=O)c1cncn1-c1ccccc1. The van der Waals surface area contributed by atoms with Crippen LogP contribution in [-0.2, 0) is 6.54 Å². The van der Waals surface area contributed by atoms with Gasteiger partial charge in [-0.1, -0.05) is 36.4 Å². The van der Waals surface area contributed by atoms with Gasteiger partial charge >= 0.3 is 0 Å². The van der Waals surface area contributed by atoms with Crippen molar-refractivity contribution in [2.24, 2.45) is 0 Å². The van der Waals surface area contributed by atoms with Crippen molar-refractivity contribution in [3.8, 4) is 5.69 Å². The summed E-state index contributed by atoms with van der Waals surface area (Å²) < 4.78 is 1.78. The second-order valence-corrected chi connectivity index (χ2v) is 5.83. The molecular weight excluding hydrogens is 300 g/mol. The number of amides is 1. The molecule has 0 spiro atoms. The van der Waals surface area contributed by atoms with E-state index in [0.29, 0.717) is 5.69 Å². The van der Waals surface area contributed by atoms with Crippen molar-refractivity contribution in [1.29, 1.82) is 0 Å². The summed E-state index contributed by atoms with van der Waals surface area (Å²) in [5.41, 5.74) is 3.29. The Kier molecular flexibility index (Phi) is 4.72. The standard InChI is InChI=1S/C19H20N4O/c1-22(2)13-15-8-6-7-11-17(15)21-19(24)18-12-20-14-23(18)16-9-4-3-5-10-16/h3-12,14H,13H2,1-2H3,(H,21,24). The number of nitrogens with zero attached hydrogens (tertiary/aromatic N) is 3. The van der Waals surface area contributed by atoms with Crippen LogP contribution in [0.15, 0.2) is 67.1 Å². The number of benzene rings is 2. The van der Waals surface area contributed by atoms with Crippen LogP contribution in [0, 0.1) is 0 Å². The van der Waals surface area contributed by atoms with Crippen LogP contribution in [0.5, 0.6) is 0 Å². The smallest absolute Gasteiger partial charge is 0.274 e. The summed E-state index contributed by atoms with van der Waals surface area (Å²) in [5.74, 6) is -0.178. The number of nitrogens with one attached hydrogen (secondary N) is 1. The van der Waals surface area contributed by atoms with E-state index in [-0.39, 0.29) is 5.91 Å². The summed E-state index contributed by atoms with van der Waals surface area (Å²) in [5, 5.41) is 3.00. The highest BCUT2D eigenvalue weighted by molar-refractivity contribution is 6.03. The molecule has 1 amide bonds. The Bertz CT molecular complexity index is 824. The number of hydrogen-bond acceptors (Lipinski definition) is 3. The van der Waals surface area contributed by atoms with E-state index in [1.807, 2.05) is 68.7 Å². The average Bonchev–Trinajstić information content (AvgIpc) is 3.07. The number of imidazole rings is 1. The zero-order valence-corrected chi connectivity index (χ0v) is 13.8. The van der Waals surface area contributed by atoms with E-state index in [0.717, 1.165) is 23.5 Å². The molecule has 0 aliphatic heterocycles. The molecule has 0 unspecified atom stereocenters. The minimum absolute atomic E-state index is 0.178. The van der Waals surface area contributed by atoms with Crippen LogP contribution in [0.1, 0.15) is 16.1 Å². The number of anilines is 1. The molecule has 2 aromatic carbocycles. The number of rotatable bonds is 5. The highest BCUT2D eigenvalue weighted by atomic mass is 16.2. The van der Waals surface area contributed by atoms with E-state index in [9.17, 15) is 4.79 Å². The van der Waals surface area contributed by atoms with E-state index in [1.54, 1.807) is 17.1 Å². The van der Waals surface area contributed by atoms with Crippen molar-refractivity contribution in [3.63, 3.8) is 0 Å². The van der Waals surface area contributed by atoms with Crippen LogP contribution in [0.3, 0.4) is 0 Å². The Labute approximate surface area is 141 Å². The fourth-order valence-electron chi connectivity index (χ4n) is 2.56. The molecule has 5 heteroatoms. The van der Waals surface area contributed by atoms with Gasteiger partial charge in [-0.15, -0.1) is 0 Å². The topological polar surface area (TPSA) is 50.2 Å². The Morgan fingerprint density at radius 1 is 1.08 bits per heavy atom. The first-order chi connectivity index (χ1) is 11.6. The molecule has 1 aromatic heterocycles. The third kappa shape index (κ3) is 3.52. The molecule has 0 saturated heterocycles. The zero-order valence-electron chi connectivity index (χ0n) is 13.8. The van der Waals surface area contributed by atoms with E-state index >= 15 is 0 Å². The lowest BCUT2D eigenvalue weighted by Crippen LogP contribution is -2.18. The molecular formula is C19H20N4O. The third-order valence-electron chi connectivity index (χ3n) is 3.66. The molecule has 1 heterocycles. The predicted octanol–water partition coefficient (Wildman–Crippen LogP) is 3.19. The average molecular weight is 320 g/mol. The monoisotopic (exact) mass is 320 g/mol. The molecule has 3 rings (SSSR count). The molecule has 0 aliphatic carbocycles. The number of carbonyl (C=O) groups is 1. The molecule has 3 aromatic rings. The Balaban J connectivity index is 1.86. The fraction of sp³-hybridized carbons (Fsp3) is 0.158. The van der Waals surface area contributed by atoms with Gasteiger partial charge in [0.05, 0.1) is 12.5 Å². The van der Waals surface area contributed by atoms with E-state index < -0.39 is 0 Å². The van der Waals surface area contributed by atoms with Crippen molar-refractivity contribution in [2.75, 3.05) is 19.4 Å². The summed E-state index contributed by atoms with van der Waals surface area (Å²) in [6, 6.07) is 17.5. The number of aromatic nitrogens is 2. The van der Waals surface area contributed by atoms with Gasteiger partial charge in [0.25, 0.3) is 5.91 Å². The van der Waals surface area contributed by atoms with Gasteiger partial charge in [0.15, 0.2) is 0 Å². The lowest BCUT2D eigenvalue weighted by Gasteiger charge is -2.15. The van der Waals surface area contributed by atoms with E-state index in [1.165, 1.54) is 0 Å². The maximum Gasteiger partial charge on any atom is 0.274 e. The number of carbonyl (C=O) groups excluding carboxylic acids is 1. The molecule has 5 nitrogen and oxygen atoms in total. The van der Waals surface area contributed by atoms with Crippen molar-refractivity contribution in [3.05, 3.63) is 78.4 Å². The second kappa shape index (κ2) is 7.10.